The number of rotatable bonds is 10. The molecule has 4 aromatic rings. The Morgan fingerprint density at radius 2 is 1.61 bits per heavy atom. The van der Waals surface area contributed by atoms with Crippen LogP contribution in [-0.2, 0) is 26.6 Å². The maximum absolute atomic E-state index is 14.3. The summed E-state index contributed by atoms with van der Waals surface area (Å²) in [6.45, 7) is 4.02. The molecule has 5 saturated heterocycles. The number of carboxylic acid groups (broad SMARTS) is 1. The molecule has 6 heterocycles. The largest absolute Gasteiger partial charge is 0.496 e. The third-order valence-electron chi connectivity index (χ3n) is 12.8. The maximum atomic E-state index is 14.3. The minimum absolute atomic E-state index is 0.0320. The summed E-state index contributed by atoms with van der Waals surface area (Å²) < 4.78 is 47.1. The molecule has 0 spiro atoms. The molecule has 16 nitrogen and oxygen atoms in total. The van der Waals surface area contributed by atoms with E-state index < -0.39 is 52.8 Å². The molecule has 4 amide bonds. The van der Waals surface area contributed by atoms with Crippen LogP contribution in [0.4, 0.5) is 18.0 Å². The van der Waals surface area contributed by atoms with Crippen LogP contribution >= 0.6 is 23.2 Å². The number of likely N-dealkylation sites (tertiary alicyclic amines) is 2. The predicted molar refractivity (Wildman–Crippen MR) is 218 cm³/mol. The quantitative estimate of drug-likeness (QED) is 0.226. The van der Waals surface area contributed by atoms with Crippen LogP contribution in [0.25, 0.3) is 5.69 Å². The lowest BCUT2D eigenvalue weighted by atomic mass is 9.71. The number of benzene rings is 3. The molecule has 21 heteroatoms. The number of hydrogen-bond donors (Lipinski definition) is 2. The number of carbonyl (C=O) groups excluding carboxylic acids is 3. The molecule has 2 atom stereocenters. The van der Waals surface area contributed by atoms with E-state index in [1.165, 1.54) is 25.3 Å². The first kappa shape index (κ1) is 43.3. The number of hydrogen-bond acceptors (Lipinski definition) is 11. The number of aliphatic carboxylic acids is 1. The molecule has 1 aromatic heterocycles. The molecule has 5 aliphatic heterocycles. The standard InChI is InChI=1S/C41H43Cl2F3N10O6/c1-62-32-10-8-28(55-36(41(44,45)46)48-49-50-55)24-29(32)34(57)53-18-12-39(25-53,27-7-9-30(42)31(43)23-27)11-15-51-16-13-40(14-17-51,26-5-3-2-4-6-26)37(60)47-38(61)56-33(35(58)59)52-19-21-54(56)22-20-52/h2-10,23-24,33H,11-22,25H2,1H3,(H,58,59)(H,47,60,61). The highest BCUT2D eigenvalue weighted by Crippen LogP contribution is 2.43. The Kier molecular flexibility index (Phi) is 11.9. The van der Waals surface area contributed by atoms with Crippen molar-refractivity contribution in [3.8, 4) is 11.4 Å². The smallest absolute Gasteiger partial charge is 0.453 e. The number of halogens is 5. The number of carbonyl (C=O) groups is 4. The molecule has 2 unspecified atom stereocenters. The molecule has 2 bridgehead atoms. The van der Waals surface area contributed by atoms with Crippen LogP contribution in [-0.4, -0.2) is 146 Å². The summed E-state index contributed by atoms with van der Waals surface area (Å²) in [5.41, 5.74) is -0.135. The molecule has 328 valence electrons. The van der Waals surface area contributed by atoms with Crippen LogP contribution in [0.15, 0.2) is 66.7 Å². The molecular formula is C41H43Cl2F3N10O6. The van der Waals surface area contributed by atoms with Crippen molar-refractivity contribution in [3.05, 3.63) is 99.3 Å². The number of nitrogens with zero attached hydrogens (tertiary/aromatic N) is 9. The zero-order valence-electron chi connectivity index (χ0n) is 33.5. The fourth-order valence-electron chi connectivity index (χ4n) is 9.35. The number of ether oxygens (including phenoxy) is 1. The number of carboxylic acids is 1. The topological polar surface area (TPSA) is 170 Å². The van der Waals surface area contributed by atoms with Crippen molar-refractivity contribution in [2.24, 2.45) is 0 Å². The van der Waals surface area contributed by atoms with Gasteiger partial charge in [0.25, 0.3) is 11.7 Å². The van der Waals surface area contributed by atoms with Gasteiger partial charge in [-0.2, -0.15) is 17.9 Å². The van der Waals surface area contributed by atoms with Gasteiger partial charge in [0, 0.05) is 44.7 Å². The number of piperidine rings is 1. The van der Waals surface area contributed by atoms with Crippen LogP contribution in [0.2, 0.25) is 10.0 Å². The van der Waals surface area contributed by atoms with Crippen LogP contribution in [0.1, 0.15) is 53.0 Å². The number of aromatic nitrogens is 4. The van der Waals surface area contributed by atoms with Crippen LogP contribution in [0.5, 0.6) is 5.75 Å². The van der Waals surface area contributed by atoms with Crippen molar-refractivity contribution < 1.29 is 42.2 Å². The first-order valence-corrected chi connectivity index (χ1v) is 20.8. The summed E-state index contributed by atoms with van der Waals surface area (Å²) in [4.78, 5) is 60.2. The average Bonchev–Trinajstić information content (AvgIpc) is 3.96. The normalized spacial score (nSPS) is 23.6. The number of urea groups is 1. The van der Waals surface area contributed by atoms with Gasteiger partial charge >= 0.3 is 18.2 Å². The Hall–Kier alpha value is -5.34. The van der Waals surface area contributed by atoms with E-state index in [1.54, 1.807) is 26.9 Å². The molecule has 0 radical (unpaired) electrons. The highest BCUT2D eigenvalue weighted by molar-refractivity contribution is 6.42. The van der Waals surface area contributed by atoms with Crippen molar-refractivity contribution >= 4 is 47.0 Å². The second kappa shape index (κ2) is 17.1. The second-order valence-corrected chi connectivity index (χ2v) is 16.8. The number of methoxy groups -OCH3 is 1. The number of hydrazine groups is 1. The Balaban J connectivity index is 1.01. The number of imide groups is 1. The van der Waals surface area contributed by atoms with Crippen molar-refractivity contribution in [3.63, 3.8) is 0 Å². The van der Waals surface area contributed by atoms with Crippen molar-refractivity contribution in [2.75, 3.05) is 66.0 Å². The van der Waals surface area contributed by atoms with Gasteiger partial charge in [-0.1, -0.05) is 59.6 Å². The van der Waals surface area contributed by atoms with E-state index in [4.69, 9.17) is 27.9 Å². The van der Waals surface area contributed by atoms with E-state index in [1.807, 2.05) is 36.4 Å². The number of alkyl halides is 3. The maximum Gasteiger partial charge on any atom is 0.453 e. The van der Waals surface area contributed by atoms with Gasteiger partial charge in [-0.15, -0.1) is 5.10 Å². The molecule has 9 rings (SSSR count). The van der Waals surface area contributed by atoms with E-state index >= 15 is 0 Å². The molecule has 3 aromatic carbocycles. The van der Waals surface area contributed by atoms with Crippen LogP contribution in [0.3, 0.4) is 0 Å². The lowest BCUT2D eigenvalue weighted by molar-refractivity contribution is -0.190. The van der Waals surface area contributed by atoms with Crippen LogP contribution < -0.4 is 10.1 Å². The highest BCUT2D eigenvalue weighted by atomic mass is 35.5. The molecule has 5 aliphatic rings. The number of tetrazole rings is 1. The number of fused-ring (bicyclic) bond motifs is 3. The summed E-state index contributed by atoms with van der Waals surface area (Å²) in [6, 6.07) is 17.9. The third-order valence-corrected chi connectivity index (χ3v) is 13.5. The van der Waals surface area contributed by atoms with Crippen molar-refractivity contribution in [1.29, 1.82) is 0 Å². The Labute approximate surface area is 364 Å². The van der Waals surface area contributed by atoms with Crippen LogP contribution in [0, 0.1) is 0 Å². The minimum Gasteiger partial charge on any atom is -0.496 e. The summed E-state index contributed by atoms with van der Waals surface area (Å²) in [5, 5.41) is 26.0. The van der Waals surface area contributed by atoms with Gasteiger partial charge in [0.15, 0.2) is 0 Å². The van der Waals surface area contributed by atoms with Gasteiger partial charge in [0.1, 0.15) is 5.75 Å². The highest BCUT2D eigenvalue weighted by Gasteiger charge is 2.50. The Bertz CT molecular complexity index is 2360. The first-order chi connectivity index (χ1) is 29.6. The lowest BCUT2D eigenvalue weighted by Gasteiger charge is -2.52. The van der Waals surface area contributed by atoms with Gasteiger partial charge in [-0.3, -0.25) is 19.8 Å². The summed E-state index contributed by atoms with van der Waals surface area (Å²) in [6.07, 6.45) is -4.23. The molecule has 0 saturated carbocycles. The van der Waals surface area contributed by atoms with E-state index in [-0.39, 0.29) is 23.5 Å². The number of amides is 4. The fraction of sp³-hybridized carbons (Fsp3) is 0.439. The molecule has 0 aliphatic carbocycles. The predicted octanol–water partition coefficient (Wildman–Crippen LogP) is 4.70. The van der Waals surface area contributed by atoms with Gasteiger partial charge < -0.3 is 19.6 Å². The van der Waals surface area contributed by atoms with E-state index in [0.717, 1.165) is 16.1 Å². The molecular weight excluding hydrogens is 856 g/mol. The number of nitrogens with one attached hydrogen (secondary N) is 1. The van der Waals surface area contributed by atoms with Gasteiger partial charge in [-0.05, 0) is 97.2 Å². The second-order valence-electron chi connectivity index (χ2n) is 16.0. The summed E-state index contributed by atoms with van der Waals surface area (Å²) in [5.74, 6) is -3.31. The average molecular weight is 900 g/mol. The van der Waals surface area contributed by atoms with Crippen molar-refractivity contribution in [1.82, 2.24) is 50.2 Å². The number of piperazine rings is 1. The monoisotopic (exact) mass is 898 g/mol. The summed E-state index contributed by atoms with van der Waals surface area (Å²) >= 11 is 12.9. The van der Waals surface area contributed by atoms with E-state index in [9.17, 15) is 37.5 Å². The van der Waals surface area contributed by atoms with Gasteiger partial charge in [0.05, 0.1) is 33.8 Å². The molecule has 62 heavy (non-hydrogen) atoms. The van der Waals surface area contributed by atoms with Gasteiger partial charge in [0.2, 0.25) is 12.1 Å². The van der Waals surface area contributed by atoms with E-state index in [2.05, 4.69) is 25.7 Å². The zero-order valence-corrected chi connectivity index (χ0v) is 35.0. The Morgan fingerprint density at radius 3 is 2.27 bits per heavy atom. The lowest BCUT2D eigenvalue weighted by Crippen LogP contribution is -2.74. The molecule has 2 N–H and O–H groups in total. The Morgan fingerprint density at radius 1 is 0.887 bits per heavy atom. The zero-order chi connectivity index (χ0) is 44.0. The van der Waals surface area contributed by atoms with E-state index in [0.29, 0.717) is 92.8 Å². The van der Waals surface area contributed by atoms with Crippen molar-refractivity contribution in [2.45, 2.75) is 48.9 Å². The third kappa shape index (κ3) is 8.07. The summed E-state index contributed by atoms with van der Waals surface area (Å²) in [7, 11) is 1.36. The molecule has 5 fully saturated rings. The SMILES string of the molecule is COc1ccc(-n2nnnc2C(F)(F)F)cc1C(=O)N1CCC(CCN2CCC(C(=O)NC(=O)N3C(C(=O)O)N4CCN3CC4)(c3ccccc3)CC2)(c2ccc(Cl)c(Cl)c2)C1. The minimum atomic E-state index is -4.85. The first-order valence-electron chi connectivity index (χ1n) is 20.1. The van der Waals surface area contributed by atoms with Gasteiger partial charge in [-0.25, -0.2) is 19.6 Å². The fourth-order valence-corrected chi connectivity index (χ4v) is 9.65.